The van der Waals surface area contributed by atoms with E-state index < -0.39 is 0 Å². The molecular weight excluding hydrogens is 267 g/mol. The zero-order chi connectivity index (χ0) is 14.7. The lowest BCUT2D eigenvalue weighted by atomic mass is 10.1. The lowest BCUT2D eigenvalue weighted by Gasteiger charge is -2.09. The molecule has 5 heteroatoms. The van der Waals surface area contributed by atoms with Crippen LogP contribution in [0.1, 0.15) is 0 Å². The molecule has 0 radical (unpaired) electrons. The molecule has 0 spiro atoms. The summed E-state index contributed by atoms with van der Waals surface area (Å²) in [5.41, 5.74) is 7.64. The lowest BCUT2D eigenvalue weighted by molar-refractivity contribution is 0.631. The molecule has 0 saturated heterocycles. The number of aromatic nitrogens is 2. The normalized spacial score (nSPS) is 10.3. The molecule has 4 nitrogen and oxygen atoms in total. The van der Waals surface area contributed by atoms with Crippen molar-refractivity contribution in [2.75, 3.05) is 11.1 Å². The van der Waals surface area contributed by atoms with Gasteiger partial charge in [0.15, 0.2) is 0 Å². The Kier molecular flexibility index (Phi) is 3.47. The van der Waals surface area contributed by atoms with Crippen LogP contribution in [0.25, 0.3) is 11.1 Å². The minimum Gasteiger partial charge on any atom is -0.383 e. The van der Waals surface area contributed by atoms with Crippen molar-refractivity contribution in [1.82, 2.24) is 9.97 Å². The van der Waals surface area contributed by atoms with Crippen LogP contribution in [0.2, 0.25) is 0 Å². The Morgan fingerprint density at radius 1 is 0.905 bits per heavy atom. The molecule has 0 bridgehead atoms. The highest BCUT2D eigenvalue weighted by Crippen LogP contribution is 2.27. The summed E-state index contributed by atoms with van der Waals surface area (Å²) in [7, 11) is 0. The standard InChI is InChI=1S/C16H13FN4/c17-14-9-5-4-8-12(14)13-10-19-16(21-15(13)18)20-11-6-2-1-3-7-11/h1-10H,(H3,18,19,20,21). The first-order chi connectivity index (χ1) is 10.2. The summed E-state index contributed by atoms with van der Waals surface area (Å²) in [5.74, 6) is 0.254. The maximum atomic E-state index is 13.8. The second-order valence-electron chi connectivity index (χ2n) is 4.46. The number of nitrogen functional groups attached to an aromatic ring is 1. The summed E-state index contributed by atoms with van der Waals surface area (Å²) in [4.78, 5) is 8.36. The fourth-order valence-corrected chi connectivity index (χ4v) is 1.99. The van der Waals surface area contributed by atoms with Crippen LogP contribution in [0.15, 0.2) is 60.8 Å². The largest absolute Gasteiger partial charge is 0.383 e. The lowest BCUT2D eigenvalue weighted by Crippen LogP contribution is -2.02. The van der Waals surface area contributed by atoms with Gasteiger partial charge in [-0.2, -0.15) is 4.98 Å². The molecule has 104 valence electrons. The molecule has 3 N–H and O–H groups in total. The van der Waals surface area contributed by atoms with Gasteiger partial charge in [-0.3, -0.25) is 0 Å². The van der Waals surface area contributed by atoms with Crippen LogP contribution in [0.4, 0.5) is 21.8 Å². The van der Waals surface area contributed by atoms with E-state index >= 15 is 0 Å². The number of anilines is 3. The second kappa shape index (κ2) is 5.58. The van der Waals surface area contributed by atoms with E-state index in [1.807, 2.05) is 30.3 Å². The first kappa shape index (κ1) is 13.1. The summed E-state index contributed by atoms with van der Waals surface area (Å²) in [6.45, 7) is 0. The number of hydrogen-bond acceptors (Lipinski definition) is 4. The molecule has 3 aromatic rings. The van der Waals surface area contributed by atoms with Crippen molar-refractivity contribution in [3.8, 4) is 11.1 Å². The number of hydrogen-bond donors (Lipinski definition) is 2. The molecule has 0 unspecified atom stereocenters. The molecular formula is C16H13FN4. The van der Waals surface area contributed by atoms with Gasteiger partial charge in [0.1, 0.15) is 11.6 Å². The first-order valence-electron chi connectivity index (χ1n) is 6.43. The van der Waals surface area contributed by atoms with Crippen molar-refractivity contribution in [2.24, 2.45) is 0 Å². The highest BCUT2D eigenvalue weighted by atomic mass is 19.1. The molecule has 0 saturated carbocycles. The summed E-state index contributed by atoms with van der Waals surface area (Å²) < 4.78 is 13.8. The summed E-state index contributed by atoms with van der Waals surface area (Å²) in [6, 6.07) is 15.9. The number of halogens is 1. The van der Waals surface area contributed by atoms with Gasteiger partial charge in [-0.15, -0.1) is 0 Å². The van der Waals surface area contributed by atoms with E-state index in [0.29, 0.717) is 17.1 Å². The van der Waals surface area contributed by atoms with E-state index in [1.165, 1.54) is 12.3 Å². The van der Waals surface area contributed by atoms with Crippen LogP contribution in [-0.4, -0.2) is 9.97 Å². The molecule has 1 heterocycles. The molecule has 0 fully saturated rings. The number of nitrogens with zero attached hydrogens (tertiary/aromatic N) is 2. The Balaban J connectivity index is 1.92. The van der Waals surface area contributed by atoms with Gasteiger partial charge in [-0.1, -0.05) is 36.4 Å². The van der Waals surface area contributed by atoms with Crippen molar-refractivity contribution in [1.29, 1.82) is 0 Å². The molecule has 0 amide bonds. The Hall–Kier alpha value is -2.95. The molecule has 2 aromatic carbocycles. The molecule has 0 aliphatic carbocycles. The number of benzene rings is 2. The smallest absolute Gasteiger partial charge is 0.229 e. The van der Waals surface area contributed by atoms with Gasteiger partial charge >= 0.3 is 0 Å². The van der Waals surface area contributed by atoms with E-state index in [9.17, 15) is 4.39 Å². The van der Waals surface area contributed by atoms with Crippen molar-refractivity contribution in [3.63, 3.8) is 0 Å². The molecule has 3 rings (SSSR count). The summed E-state index contributed by atoms with van der Waals surface area (Å²) in [5, 5.41) is 3.04. The van der Waals surface area contributed by atoms with E-state index in [2.05, 4.69) is 15.3 Å². The maximum absolute atomic E-state index is 13.8. The minimum absolute atomic E-state index is 0.230. The second-order valence-corrected chi connectivity index (χ2v) is 4.46. The van der Waals surface area contributed by atoms with Crippen LogP contribution >= 0.6 is 0 Å². The van der Waals surface area contributed by atoms with Crippen molar-refractivity contribution in [2.45, 2.75) is 0 Å². The third kappa shape index (κ3) is 2.81. The van der Waals surface area contributed by atoms with E-state index in [-0.39, 0.29) is 11.6 Å². The molecule has 1 aromatic heterocycles. The number of nitrogens with two attached hydrogens (primary N) is 1. The Morgan fingerprint density at radius 2 is 1.62 bits per heavy atom. The van der Waals surface area contributed by atoms with Gasteiger partial charge < -0.3 is 11.1 Å². The van der Waals surface area contributed by atoms with Gasteiger partial charge in [0.25, 0.3) is 0 Å². The van der Waals surface area contributed by atoms with Crippen LogP contribution < -0.4 is 11.1 Å². The van der Waals surface area contributed by atoms with Gasteiger partial charge in [-0.25, -0.2) is 9.37 Å². The molecule has 21 heavy (non-hydrogen) atoms. The molecule has 0 atom stereocenters. The highest BCUT2D eigenvalue weighted by molar-refractivity contribution is 5.74. The monoisotopic (exact) mass is 280 g/mol. The topological polar surface area (TPSA) is 63.8 Å². The van der Waals surface area contributed by atoms with E-state index in [4.69, 9.17) is 5.73 Å². The van der Waals surface area contributed by atoms with Crippen LogP contribution in [-0.2, 0) is 0 Å². The molecule has 0 aliphatic rings. The van der Waals surface area contributed by atoms with Crippen molar-refractivity contribution >= 4 is 17.5 Å². The predicted octanol–water partition coefficient (Wildman–Crippen LogP) is 3.61. The van der Waals surface area contributed by atoms with Crippen molar-refractivity contribution in [3.05, 3.63) is 66.6 Å². The van der Waals surface area contributed by atoms with Crippen LogP contribution in [0, 0.1) is 5.82 Å². The SMILES string of the molecule is Nc1nc(Nc2ccccc2)ncc1-c1ccccc1F. The summed E-state index contributed by atoms with van der Waals surface area (Å²) >= 11 is 0. The van der Waals surface area contributed by atoms with Gasteiger partial charge in [0, 0.05) is 23.0 Å². The number of rotatable bonds is 3. The fourth-order valence-electron chi connectivity index (χ4n) is 1.99. The quantitative estimate of drug-likeness (QED) is 0.769. The fraction of sp³-hybridized carbons (Fsp3) is 0. The number of para-hydroxylation sites is 1. The average molecular weight is 280 g/mol. The van der Waals surface area contributed by atoms with E-state index in [1.54, 1.807) is 18.2 Å². The maximum Gasteiger partial charge on any atom is 0.229 e. The zero-order valence-electron chi connectivity index (χ0n) is 11.1. The van der Waals surface area contributed by atoms with E-state index in [0.717, 1.165) is 5.69 Å². The van der Waals surface area contributed by atoms with Gasteiger partial charge in [-0.05, 0) is 18.2 Å². The Bertz CT molecular complexity index is 759. The van der Waals surface area contributed by atoms with Crippen LogP contribution in [0.5, 0.6) is 0 Å². The predicted molar refractivity (Wildman–Crippen MR) is 81.6 cm³/mol. The van der Waals surface area contributed by atoms with Crippen molar-refractivity contribution < 1.29 is 4.39 Å². The zero-order valence-corrected chi connectivity index (χ0v) is 11.1. The first-order valence-corrected chi connectivity index (χ1v) is 6.43. The average Bonchev–Trinajstić information content (AvgIpc) is 2.50. The molecule has 0 aliphatic heterocycles. The number of nitrogens with one attached hydrogen (secondary N) is 1. The Labute approximate surface area is 121 Å². The van der Waals surface area contributed by atoms with Crippen LogP contribution in [0.3, 0.4) is 0 Å². The highest BCUT2D eigenvalue weighted by Gasteiger charge is 2.10. The summed E-state index contributed by atoms with van der Waals surface area (Å²) in [6.07, 6.45) is 1.52. The van der Waals surface area contributed by atoms with Gasteiger partial charge in [0.05, 0.1) is 0 Å². The third-order valence-corrected chi connectivity index (χ3v) is 3.01. The minimum atomic E-state index is -0.350. The Morgan fingerprint density at radius 3 is 2.33 bits per heavy atom. The third-order valence-electron chi connectivity index (χ3n) is 3.01. The van der Waals surface area contributed by atoms with Gasteiger partial charge in [0.2, 0.25) is 5.95 Å².